The normalized spacial score (nSPS) is 9.77. The Balaban J connectivity index is 2.64. The molecule has 0 aliphatic heterocycles. The van der Waals surface area contributed by atoms with E-state index < -0.39 is 0 Å². The van der Waals surface area contributed by atoms with Gasteiger partial charge in [0.15, 0.2) is 0 Å². The number of carbonyl (C=O) groups excluding carboxylic acids is 1. The van der Waals surface area contributed by atoms with Crippen LogP contribution in [0.4, 0.5) is 4.79 Å². The summed E-state index contributed by atoms with van der Waals surface area (Å²) in [5, 5.41) is -0.208. The van der Waals surface area contributed by atoms with Gasteiger partial charge in [0.1, 0.15) is 0 Å². The van der Waals surface area contributed by atoms with Gasteiger partial charge in [-0.05, 0) is 12.5 Å². The average Bonchev–Trinajstić information content (AvgIpc) is 2.08. The van der Waals surface area contributed by atoms with Crippen LogP contribution < -0.4 is 0 Å². The minimum absolute atomic E-state index is 0.208. The molecule has 0 saturated carbocycles. The number of nitrogens with zero attached hydrogens (tertiary/aromatic N) is 1. The molecule has 0 fully saturated rings. The predicted octanol–water partition coefficient (Wildman–Crippen LogP) is 2.48. The molecular formula is C10H13NOS. The van der Waals surface area contributed by atoms with E-state index in [1.807, 2.05) is 31.2 Å². The van der Waals surface area contributed by atoms with Crippen LogP contribution >= 0.6 is 12.6 Å². The Morgan fingerprint density at radius 1 is 1.38 bits per heavy atom. The van der Waals surface area contributed by atoms with E-state index in [9.17, 15) is 4.79 Å². The molecule has 1 amide bonds. The summed E-state index contributed by atoms with van der Waals surface area (Å²) in [6.45, 7) is 2.65. The fourth-order valence-electron chi connectivity index (χ4n) is 1.03. The van der Waals surface area contributed by atoms with E-state index in [1.54, 1.807) is 11.9 Å². The monoisotopic (exact) mass is 195 g/mol. The molecule has 3 heteroatoms. The summed E-state index contributed by atoms with van der Waals surface area (Å²) in [4.78, 5) is 12.4. The van der Waals surface area contributed by atoms with Gasteiger partial charge in [0.05, 0.1) is 0 Å². The lowest BCUT2D eigenvalue weighted by atomic mass is 10.1. The molecule has 0 radical (unpaired) electrons. The smallest absolute Gasteiger partial charge is 0.278 e. The van der Waals surface area contributed by atoms with Crippen LogP contribution in [0.1, 0.15) is 11.1 Å². The van der Waals surface area contributed by atoms with Gasteiger partial charge in [0, 0.05) is 13.6 Å². The predicted molar refractivity (Wildman–Crippen MR) is 57.0 cm³/mol. The van der Waals surface area contributed by atoms with Crippen molar-refractivity contribution in [1.29, 1.82) is 0 Å². The molecule has 2 nitrogen and oxygen atoms in total. The van der Waals surface area contributed by atoms with Crippen molar-refractivity contribution in [2.75, 3.05) is 7.05 Å². The van der Waals surface area contributed by atoms with Crippen LogP contribution in [0.15, 0.2) is 24.3 Å². The summed E-state index contributed by atoms with van der Waals surface area (Å²) in [6.07, 6.45) is 0. The maximum Gasteiger partial charge on any atom is 0.278 e. The Labute approximate surface area is 84.0 Å². The zero-order valence-corrected chi connectivity index (χ0v) is 8.71. The standard InChI is InChI=1S/C10H13NOS/c1-8-3-5-9(6-4-8)7-11(2)10(12)13/h3-6H,7H2,1-2H3,(H,12,13). The largest absolute Gasteiger partial charge is 0.333 e. The van der Waals surface area contributed by atoms with Crippen molar-refractivity contribution >= 4 is 17.9 Å². The zero-order valence-electron chi connectivity index (χ0n) is 7.82. The van der Waals surface area contributed by atoms with Crippen molar-refractivity contribution in [2.45, 2.75) is 13.5 Å². The van der Waals surface area contributed by atoms with Crippen molar-refractivity contribution in [1.82, 2.24) is 4.90 Å². The van der Waals surface area contributed by atoms with Crippen molar-refractivity contribution in [3.63, 3.8) is 0 Å². The highest BCUT2D eigenvalue weighted by Crippen LogP contribution is 2.06. The van der Waals surface area contributed by atoms with Crippen LogP contribution in [0.25, 0.3) is 0 Å². The van der Waals surface area contributed by atoms with E-state index in [4.69, 9.17) is 0 Å². The van der Waals surface area contributed by atoms with Gasteiger partial charge in [-0.1, -0.05) is 42.5 Å². The number of rotatable bonds is 2. The Bertz CT molecular complexity index is 294. The Morgan fingerprint density at radius 2 is 1.92 bits per heavy atom. The second kappa shape index (κ2) is 4.33. The molecule has 0 heterocycles. The quantitative estimate of drug-likeness (QED) is 0.719. The first-order valence-electron chi connectivity index (χ1n) is 4.09. The van der Waals surface area contributed by atoms with Crippen LogP contribution in [0.2, 0.25) is 0 Å². The van der Waals surface area contributed by atoms with Crippen molar-refractivity contribution in [2.24, 2.45) is 0 Å². The molecule has 13 heavy (non-hydrogen) atoms. The minimum atomic E-state index is -0.208. The maximum atomic E-state index is 10.8. The first-order valence-corrected chi connectivity index (χ1v) is 4.54. The molecule has 0 aromatic heterocycles. The number of benzene rings is 1. The third kappa shape index (κ3) is 3.11. The summed E-state index contributed by atoms with van der Waals surface area (Å²) in [6, 6.07) is 8.10. The second-order valence-electron chi connectivity index (χ2n) is 3.12. The first-order chi connectivity index (χ1) is 6.09. The van der Waals surface area contributed by atoms with Gasteiger partial charge in [-0.2, -0.15) is 0 Å². The van der Waals surface area contributed by atoms with Gasteiger partial charge >= 0.3 is 0 Å². The minimum Gasteiger partial charge on any atom is -0.333 e. The van der Waals surface area contributed by atoms with Crippen LogP contribution in [0, 0.1) is 6.92 Å². The highest BCUT2D eigenvalue weighted by molar-refractivity contribution is 7.96. The number of aryl methyl sites for hydroxylation is 1. The van der Waals surface area contributed by atoms with E-state index in [2.05, 4.69) is 12.6 Å². The van der Waals surface area contributed by atoms with E-state index in [0.29, 0.717) is 6.54 Å². The topological polar surface area (TPSA) is 20.3 Å². The molecule has 0 aliphatic rings. The van der Waals surface area contributed by atoms with Crippen LogP contribution in [0.3, 0.4) is 0 Å². The second-order valence-corrected chi connectivity index (χ2v) is 3.51. The van der Waals surface area contributed by atoms with Gasteiger partial charge in [-0.3, -0.25) is 4.79 Å². The molecule has 1 rings (SSSR count). The number of carbonyl (C=O) groups is 1. The fraction of sp³-hybridized carbons (Fsp3) is 0.300. The number of thiol groups is 1. The lowest BCUT2D eigenvalue weighted by Gasteiger charge is -2.13. The van der Waals surface area contributed by atoms with E-state index in [1.165, 1.54) is 5.56 Å². The van der Waals surface area contributed by atoms with Gasteiger partial charge < -0.3 is 4.90 Å². The summed E-state index contributed by atoms with van der Waals surface area (Å²) >= 11 is 3.73. The SMILES string of the molecule is Cc1ccc(CN(C)C(=O)S)cc1. The van der Waals surface area contributed by atoms with Crippen LogP contribution in [-0.4, -0.2) is 17.2 Å². The molecule has 0 saturated heterocycles. The molecule has 1 aromatic rings. The Morgan fingerprint density at radius 3 is 2.38 bits per heavy atom. The molecule has 0 spiro atoms. The molecule has 70 valence electrons. The van der Waals surface area contributed by atoms with Crippen LogP contribution in [0.5, 0.6) is 0 Å². The summed E-state index contributed by atoms with van der Waals surface area (Å²) in [5.74, 6) is 0. The van der Waals surface area contributed by atoms with Crippen molar-refractivity contribution in [3.05, 3.63) is 35.4 Å². The number of hydrogen-bond donors (Lipinski definition) is 1. The Hall–Kier alpha value is -0.960. The van der Waals surface area contributed by atoms with Gasteiger partial charge in [0.2, 0.25) is 0 Å². The molecule has 0 atom stereocenters. The highest BCUT2D eigenvalue weighted by Gasteiger charge is 2.02. The molecule has 0 N–H and O–H groups in total. The molecule has 0 bridgehead atoms. The van der Waals surface area contributed by atoms with E-state index >= 15 is 0 Å². The highest BCUT2D eigenvalue weighted by atomic mass is 32.1. The summed E-state index contributed by atoms with van der Waals surface area (Å²) < 4.78 is 0. The lowest BCUT2D eigenvalue weighted by Crippen LogP contribution is -2.19. The lowest BCUT2D eigenvalue weighted by molar-refractivity contribution is 0.232. The summed E-state index contributed by atoms with van der Waals surface area (Å²) in [5.41, 5.74) is 2.35. The van der Waals surface area contributed by atoms with Gasteiger partial charge in [-0.25, -0.2) is 0 Å². The number of amides is 1. The van der Waals surface area contributed by atoms with Gasteiger partial charge in [-0.15, -0.1) is 0 Å². The molecule has 0 unspecified atom stereocenters. The molecular weight excluding hydrogens is 182 g/mol. The average molecular weight is 195 g/mol. The van der Waals surface area contributed by atoms with Crippen molar-refractivity contribution in [3.8, 4) is 0 Å². The first kappa shape index (κ1) is 10.1. The molecule has 0 aliphatic carbocycles. The molecule has 1 aromatic carbocycles. The zero-order chi connectivity index (χ0) is 9.84. The van der Waals surface area contributed by atoms with Crippen molar-refractivity contribution < 1.29 is 4.79 Å². The fourth-order valence-corrected chi connectivity index (χ4v) is 1.11. The summed E-state index contributed by atoms with van der Waals surface area (Å²) in [7, 11) is 1.73. The Kier molecular flexibility index (Phi) is 3.37. The third-order valence-corrected chi connectivity index (χ3v) is 2.21. The van der Waals surface area contributed by atoms with Gasteiger partial charge in [0.25, 0.3) is 5.24 Å². The third-order valence-electron chi connectivity index (χ3n) is 1.87. The number of hydrogen-bond acceptors (Lipinski definition) is 1. The maximum absolute atomic E-state index is 10.8. The van der Waals surface area contributed by atoms with E-state index in [0.717, 1.165) is 5.56 Å². The van der Waals surface area contributed by atoms with Crippen LogP contribution in [-0.2, 0) is 6.54 Å². The van der Waals surface area contributed by atoms with E-state index in [-0.39, 0.29) is 5.24 Å².